The number of halogens is 1. The third-order valence-corrected chi connectivity index (χ3v) is 5.43. The fourth-order valence-corrected chi connectivity index (χ4v) is 3.96. The number of azide groups is 1. The highest BCUT2D eigenvalue weighted by Gasteiger charge is 2.78. The molecular weight excluding hydrogens is 464 g/mol. The maximum absolute atomic E-state index is 12.2. The quantitative estimate of drug-likeness (QED) is 0.130. The summed E-state index contributed by atoms with van der Waals surface area (Å²) in [6.07, 6.45) is -3.72. The molecule has 2 fully saturated rings. The third-order valence-electron chi connectivity index (χ3n) is 5.26. The highest BCUT2D eigenvalue weighted by atomic mass is 35.5. The Hall–Kier alpha value is -3.23. The summed E-state index contributed by atoms with van der Waals surface area (Å²) in [6, 6.07) is -1.24. The van der Waals surface area contributed by atoms with E-state index in [-0.39, 0.29) is 35.5 Å². The standard InChI is InChI=1S/C17H19ClN8O7/c1-3-30-14(27)7(15(28)31-4-2)32-9-10-17(9,29)8(24-25-20)13(33-10)26-5-21-6-11(19)22-16(18)23-12(6)26/h5,7-10,13,29H,3-4H2,1-2H3,(H2,19,22,23)/t8?,9?,10-,13-,17-/m1/s1. The van der Waals surface area contributed by atoms with Crippen LogP contribution in [0.1, 0.15) is 20.1 Å². The molecule has 15 nitrogen and oxygen atoms in total. The minimum absolute atomic E-state index is 0.00234. The van der Waals surface area contributed by atoms with E-state index in [0.717, 1.165) is 0 Å². The largest absolute Gasteiger partial charge is 0.464 e. The van der Waals surface area contributed by atoms with E-state index < -0.39 is 48.1 Å². The number of anilines is 1. The number of nitrogens with zero attached hydrogens (tertiary/aromatic N) is 7. The SMILES string of the molecule is CCOC(=O)C(OC1[C@H]2O[C@@H](n3cnc4c(N)nc(Cl)nc43)C(N=[N+]=[N-])[C@@]12O)C(=O)OCC. The highest BCUT2D eigenvalue weighted by Crippen LogP contribution is 2.57. The summed E-state index contributed by atoms with van der Waals surface area (Å²) >= 11 is 5.89. The topological polar surface area (TPSA) is 210 Å². The zero-order valence-electron chi connectivity index (χ0n) is 17.4. The van der Waals surface area contributed by atoms with Gasteiger partial charge in [-0.05, 0) is 31.0 Å². The fourth-order valence-electron chi connectivity index (χ4n) is 3.79. The number of carbonyl (C=O) groups excluding carboxylic acids is 2. The number of hydrogen-bond acceptors (Lipinski definition) is 12. The molecule has 0 bridgehead atoms. The first-order chi connectivity index (χ1) is 15.8. The number of nitrogen functional groups attached to an aromatic ring is 1. The van der Waals surface area contributed by atoms with E-state index in [9.17, 15) is 14.7 Å². The Balaban J connectivity index is 1.62. The van der Waals surface area contributed by atoms with Crippen LogP contribution >= 0.6 is 11.6 Å². The number of aromatic nitrogens is 4. The molecule has 1 saturated carbocycles. The number of hydrogen-bond donors (Lipinski definition) is 2. The van der Waals surface area contributed by atoms with Gasteiger partial charge in [0.2, 0.25) is 5.28 Å². The zero-order chi connectivity index (χ0) is 23.9. The van der Waals surface area contributed by atoms with Crippen molar-refractivity contribution in [3.8, 4) is 0 Å². The van der Waals surface area contributed by atoms with Crippen molar-refractivity contribution in [1.29, 1.82) is 0 Å². The molecule has 1 saturated heterocycles. The average Bonchev–Trinajstić information content (AvgIpc) is 3.02. The van der Waals surface area contributed by atoms with Crippen molar-refractivity contribution in [1.82, 2.24) is 19.5 Å². The monoisotopic (exact) mass is 482 g/mol. The van der Waals surface area contributed by atoms with E-state index >= 15 is 0 Å². The highest BCUT2D eigenvalue weighted by molar-refractivity contribution is 6.28. The van der Waals surface area contributed by atoms with Crippen LogP contribution in [0.15, 0.2) is 11.4 Å². The molecule has 5 atom stereocenters. The first kappa shape index (κ1) is 22.9. The second-order valence-corrected chi connectivity index (χ2v) is 7.47. The van der Waals surface area contributed by atoms with Gasteiger partial charge in [0.25, 0.3) is 6.10 Å². The van der Waals surface area contributed by atoms with Crippen molar-refractivity contribution in [2.75, 3.05) is 18.9 Å². The Morgan fingerprint density at radius 1 is 1.39 bits per heavy atom. The van der Waals surface area contributed by atoms with Crippen LogP contribution in [0.25, 0.3) is 21.6 Å². The Morgan fingerprint density at radius 2 is 2.06 bits per heavy atom. The van der Waals surface area contributed by atoms with E-state index in [4.69, 9.17) is 41.8 Å². The predicted octanol–water partition coefficient (Wildman–Crippen LogP) is 0.263. The summed E-state index contributed by atoms with van der Waals surface area (Å²) in [7, 11) is 0. The van der Waals surface area contributed by atoms with Crippen LogP contribution < -0.4 is 5.73 Å². The van der Waals surface area contributed by atoms with E-state index in [0.29, 0.717) is 0 Å². The molecule has 1 aliphatic carbocycles. The van der Waals surface area contributed by atoms with Gasteiger partial charge in [-0.1, -0.05) is 5.11 Å². The van der Waals surface area contributed by atoms with Gasteiger partial charge in [0, 0.05) is 4.91 Å². The molecule has 0 spiro atoms. The molecule has 2 aromatic heterocycles. The number of rotatable bonds is 8. The molecule has 3 N–H and O–H groups in total. The molecule has 3 heterocycles. The summed E-state index contributed by atoms with van der Waals surface area (Å²) in [4.78, 5) is 39.2. The zero-order valence-corrected chi connectivity index (χ0v) is 18.1. The molecule has 0 amide bonds. The number of aliphatic hydroxyl groups is 1. The lowest BCUT2D eigenvalue weighted by Gasteiger charge is -2.25. The normalized spacial score (nSPS) is 27.8. The van der Waals surface area contributed by atoms with Crippen LogP contribution in [0.5, 0.6) is 0 Å². The van der Waals surface area contributed by atoms with Crippen molar-refractivity contribution >= 4 is 40.5 Å². The summed E-state index contributed by atoms with van der Waals surface area (Å²) < 4.78 is 22.5. The van der Waals surface area contributed by atoms with Gasteiger partial charge in [-0.25, -0.2) is 14.6 Å². The van der Waals surface area contributed by atoms with Crippen molar-refractivity contribution in [2.45, 2.75) is 50.0 Å². The fraction of sp³-hybridized carbons (Fsp3) is 0.588. The van der Waals surface area contributed by atoms with E-state index in [1.165, 1.54) is 10.9 Å². The molecule has 2 unspecified atom stereocenters. The van der Waals surface area contributed by atoms with Crippen molar-refractivity contribution in [3.05, 3.63) is 22.1 Å². The molecule has 4 rings (SSSR count). The smallest absolute Gasteiger partial charge is 0.347 e. The first-order valence-electron chi connectivity index (χ1n) is 9.84. The van der Waals surface area contributed by atoms with E-state index in [2.05, 4.69) is 25.0 Å². The minimum atomic E-state index is -1.85. The number of ether oxygens (including phenoxy) is 4. The van der Waals surface area contributed by atoms with Crippen LogP contribution in [-0.2, 0) is 28.5 Å². The minimum Gasteiger partial charge on any atom is -0.464 e. The van der Waals surface area contributed by atoms with Crippen molar-refractivity contribution in [3.63, 3.8) is 0 Å². The summed E-state index contributed by atoms with van der Waals surface area (Å²) in [5.74, 6) is -1.94. The molecule has 2 aromatic rings. The molecule has 0 aromatic carbocycles. The van der Waals surface area contributed by atoms with Gasteiger partial charge in [-0.3, -0.25) is 4.57 Å². The number of imidazole rings is 1. The second-order valence-electron chi connectivity index (χ2n) is 7.13. The van der Waals surface area contributed by atoms with Crippen LogP contribution in [0, 0.1) is 0 Å². The van der Waals surface area contributed by atoms with Crippen LogP contribution in [-0.4, -0.2) is 79.7 Å². The van der Waals surface area contributed by atoms with E-state index in [1.54, 1.807) is 13.8 Å². The maximum atomic E-state index is 12.2. The van der Waals surface area contributed by atoms with Gasteiger partial charge in [0.15, 0.2) is 11.5 Å². The molecule has 1 aliphatic heterocycles. The predicted molar refractivity (Wildman–Crippen MR) is 108 cm³/mol. The van der Waals surface area contributed by atoms with Crippen LogP contribution in [0.3, 0.4) is 0 Å². The van der Waals surface area contributed by atoms with Crippen molar-refractivity contribution in [2.24, 2.45) is 5.11 Å². The first-order valence-corrected chi connectivity index (χ1v) is 10.2. The van der Waals surface area contributed by atoms with Gasteiger partial charge in [-0.15, -0.1) is 0 Å². The molecule has 16 heteroatoms. The van der Waals surface area contributed by atoms with Gasteiger partial charge in [-0.2, -0.15) is 9.97 Å². The maximum Gasteiger partial charge on any atom is 0.347 e. The molecular formula is C17H19ClN8O7. The Morgan fingerprint density at radius 3 is 2.67 bits per heavy atom. The molecule has 0 radical (unpaired) electrons. The molecule has 33 heavy (non-hydrogen) atoms. The lowest BCUT2D eigenvalue weighted by molar-refractivity contribution is -0.178. The number of esters is 2. The molecule has 176 valence electrons. The Labute approximate surface area is 190 Å². The molecule has 2 aliphatic rings. The third kappa shape index (κ3) is 3.69. The Kier molecular flexibility index (Phi) is 5.99. The Bertz CT molecular complexity index is 1140. The second kappa shape index (κ2) is 8.61. The van der Waals surface area contributed by atoms with Crippen LogP contribution in [0.2, 0.25) is 5.28 Å². The lowest BCUT2D eigenvalue weighted by Crippen LogP contribution is -2.42. The van der Waals surface area contributed by atoms with Crippen molar-refractivity contribution < 1.29 is 33.6 Å². The van der Waals surface area contributed by atoms with Gasteiger partial charge >= 0.3 is 11.9 Å². The number of nitrogens with two attached hydrogens (primary N) is 1. The lowest BCUT2D eigenvalue weighted by atomic mass is 10.1. The summed E-state index contributed by atoms with van der Waals surface area (Å²) in [6.45, 7) is 3.11. The number of fused-ring (bicyclic) bond motifs is 2. The van der Waals surface area contributed by atoms with Gasteiger partial charge < -0.3 is 29.8 Å². The number of carbonyl (C=O) groups is 2. The van der Waals surface area contributed by atoms with Crippen LogP contribution in [0.4, 0.5) is 5.82 Å². The van der Waals surface area contributed by atoms with Gasteiger partial charge in [0.05, 0.1) is 19.5 Å². The summed E-state index contributed by atoms with van der Waals surface area (Å²) in [5.41, 5.74) is 13.5. The van der Waals surface area contributed by atoms with Gasteiger partial charge in [0.1, 0.15) is 35.6 Å². The van der Waals surface area contributed by atoms with E-state index in [1.807, 2.05) is 0 Å². The average molecular weight is 483 g/mol. The summed E-state index contributed by atoms with van der Waals surface area (Å²) in [5, 5.41) is 14.7.